The van der Waals surface area contributed by atoms with E-state index in [0.29, 0.717) is 6.61 Å². The van der Waals surface area contributed by atoms with Gasteiger partial charge in [0.2, 0.25) is 0 Å². The molecule has 2 heteroatoms. The molecule has 0 bridgehead atoms. The Morgan fingerprint density at radius 1 is 1.80 bits per heavy atom. The Kier molecular flexibility index (Phi) is 2.63. The Bertz CT molecular complexity index is 149. The molecular formula is C8H12O2. The van der Waals surface area contributed by atoms with E-state index in [1.807, 2.05) is 13.0 Å². The number of carbonyl (C=O) groups is 1. The standard InChI is InChI=1S/C8H12O2/c1-2-10-8-6-4-3-5-7(8)9/h3,5,8H,2,4,6H2,1H3. The SMILES string of the molecule is CCOC1CCC=CC1=O. The van der Waals surface area contributed by atoms with Crippen molar-refractivity contribution in [2.24, 2.45) is 0 Å². The number of ether oxygens (including phenoxy) is 1. The first kappa shape index (κ1) is 7.48. The maximum atomic E-state index is 11.0. The van der Waals surface area contributed by atoms with Crippen molar-refractivity contribution in [2.45, 2.75) is 25.9 Å². The Morgan fingerprint density at radius 2 is 2.60 bits per heavy atom. The maximum Gasteiger partial charge on any atom is 0.184 e. The summed E-state index contributed by atoms with van der Waals surface area (Å²) < 4.78 is 5.19. The van der Waals surface area contributed by atoms with Crippen LogP contribution in [0, 0.1) is 0 Å². The second kappa shape index (κ2) is 3.52. The summed E-state index contributed by atoms with van der Waals surface area (Å²) >= 11 is 0. The average Bonchev–Trinajstić information content (AvgIpc) is 1.94. The van der Waals surface area contributed by atoms with Crippen LogP contribution in [0.25, 0.3) is 0 Å². The summed E-state index contributed by atoms with van der Waals surface area (Å²) in [5.41, 5.74) is 0. The largest absolute Gasteiger partial charge is 0.370 e. The number of rotatable bonds is 2. The molecule has 0 heterocycles. The number of allylic oxidation sites excluding steroid dienone is 1. The molecule has 0 aromatic rings. The minimum absolute atomic E-state index is 0.119. The van der Waals surface area contributed by atoms with Crippen molar-refractivity contribution in [3.63, 3.8) is 0 Å². The highest BCUT2D eigenvalue weighted by atomic mass is 16.5. The van der Waals surface area contributed by atoms with Gasteiger partial charge in [-0.3, -0.25) is 4.79 Å². The second-order valence-corrected chi connectivity index (χ2v) is 2.33. The van der Waals surface area contributed by atoms with E-state index in [2.05, 4.69) is 0 Å². The minimum Gasteiger partial charge on any atom is -0.370 e. The average molecular weight is 140 g/mol. The molecule has 10 heavy (non-hydrogen) atoms. The van der Waals surface area contributed by atoms with E-state index < -0.39 is 0 Å². The lowest BCUT2D eigenvalue weighted by Crippen LogP contribution is -2.24. The number of carbonyl (C=O) groups excluding carboxylic acids is 1. The lowest BCUT2D eigenvalue weighted by molar-refractivity contribution is -0.126. The minimum atomic E-state index is -0.157. The molecule has 0 aromatic heterocycles. The third-order valence-corrected chi connectivity index (χ3v) is 1.56. The molecule has 1 aliphatic carbocycles. The van der Waals surface area contributed by atoms with E-state index in [1.165, 1.54) is 0 Å². The molecule has 0 saturated carbocycles. The van der Waals surface area contributed by atoms with Gasteiger partial charge in [-0.05, 0) is 25.8 Å². The highest BCUT2D eigenvalue weighted by Gasteiger charge is 2.17. The third kappa shape index (κ3) is 1.67. The summed E-state index contributed by atoms with van der Waals surface area (Å²) in [7, 11) is 0. The van der Waals surface area contributed by atoms with Gasteiger partial charge >= 0.3 is 0 Å². The highest BCUT2D eigenvalue weighted by molar-refractivity contribution is 5.94. The highest BCUT2D eigenvalue weighted by Crippen LogP contribution is 2.10. The van der Waals surface area contributed by atoms with Crippen molar-refractivity contribution in [1.82, 2.24) is 0 Å². The van der Waals surface area contributed by atoms with Crippen molar-refractivity contribution in [1.29, 1.82) is 0 Å². The van der Waals surface area contributed by atoms with Crippen LogP contribution in [0.5, 0.6) is 0 Å². The van der Waals surface area contributed by atoms with Crippen LogP contribution in [-0.4, -0.2) is 18.5 Å². The van der Waals surface area contributed by atoms with E-state index in [1.54, 1.807) is 6.08 Å². The molecule has 0 amide bonds. The van der Waals surface area contributed by atoms with Gasteiger partial charge in [0, 0.05) is 6.61 Å². The zero-order chi connectivity index (χ0) is 7.40. The van der Waals surface area contributed by atoms with E-state index in [9.17, 15) is 4.79 Å². The maximum absolute atomic E-state index is 11.0. The molecule has 0 aliphatic heterocycles. The van der Waals surface area contributed by atoms with E-state index in [4.69, 9.17) is 4.74 Å². The molecule has 0 N–H and O–H groups in total. The first-order chi connectivity index (χ1) is 4.84. The molecule has 2 nitrogen and oxygen atoms in total. The zero-order valence-electron chi connectivity index (χ0n) is 6.17. The Balaban J connectivity index is 2.44. The first-order valence-corrected chi connectivity index (χ1v) is 3.66. The molecule has 1 rings (SSSR count). The Morgan fingerprint density at radius 3 is 3.20 bits per heavy atom. The monoisotopic (exact) mass is 140 g/mol. The van der Waals surface area contributed by atoms with Crippen LogP contribution in [0.2, 0.25) is 0 Å². The summed E-state index contributed by atoms with van der Waals surface area (Å²) in [6, 6.07) is 0. The number of ketones is 1. The van der Waals surface area contributed by atoms with Gasteiger partial charge in [-0.25, -0.2) is 0 Å². The zero-order valence-corrected chi connectivity index (χ0v) is 6.17. The van der Waals surface area contributed by atoms with Crippen molar-refractivity contribution < 1.29 is 9.53 Å². The summed E-state index contributed by atoms with van der Waals surface area (Å²) in [5, 5.41) is 0. The summed E-state index contributed by atoms with van der Waals surface area (Å²) in [5.74, 6) is 0.119. The van der Waals surface area contributed by atoms with Gasteiger partial charge in [-0.2, -0.15) is 0 Å². The topological polar surface area (TPSA) is 26.3 Å². The molecule has 0 aromatic carbocycles. The van der Waals surface area contributed by atoms with E-state index >= 15 is 0 Å². The molecule has 0 spiro atoms. The summed E-state index contributed by atoms with van der Waals surface area (Å²) in [4.78, 5) is 11.0. The molecule has 0 saturated heterocycles. The summed E-state index contributed by atoms with van der Waals surface area (Å²) in [6.07, 6.45) is 5.18. The van der Waals surface area contributed by atoms with Crippen molar-refractivity contribution in [3.05, 3.63) is 12.2 Å². The normalized spacial score (nSPS) is 25.3. The van der Waals surface area contributed by atoms with Crippen molar-refractivity contribution >= 4 is 5.78 Å². The van der Waals surface area contributed by atoms with Gasteiger partial charge in [0.05, 0.1) is 0 Å². The van der Waals surface area contributed by atoms with Crippen LogP contribution in [0.3, 0.4) is 0 Å². The first-order valence-electron chi connectivity index (χ1n) is 3.66. The van der Waals surface area contributed by atoms with Crippen LogP contribution in [0.4, 0.5) is 0 Å². The van der Waals surface area contributed by atoms with Gasteiger partial charge in [0.25, 0.3) is 0 Å². The third-order valence-electron chi connectivity index (χ3n) is 1.56. The second-order valence-electron chi connectivity index (χ2n) is 2.33. The van der Waals surface area contributed by atoms with Gasteiger partial charge in [0.15, 0.2) is 5.78 Å². The fourth-order valence-corrected chi connectivity index (χ4v) is 1.06. The Hall–Kier alpha value is -0.630. The predicted octanol–water partition coefficient (Wildman–Crippen LogP) is 1.31. The lowest BCUT2D eigenvalue weighted by Gasteiger charge is -2.15. The fourth-order valence-electron chi connectivity index (χ4n) is 1.06. The van der Waals surface area contributed by atoms with Crippen LogP contribution < -0.4 is 0 Å². The molecule has 1 aliphatic rings. The quantitative estimate of drug-likeness (QED) is 0.578. The van der Waals surface area contributed by atoms with Crippen LogP contribution >= 0.6 is 0 Å². The van der Waals surface area contributed by atoms with Gasteiger partial charge in [-0.1, -0.05) is 6.08 Å². The number of hydrogen-bond acceptors (Lipinski definition) is 2. The van der Waals surface area contributed by atoms with Gasteiger partial charge in [-0.15, -0.1) is 0 Å². The van der Waals surface area contributed by atoms with Crippen LogP contribution in [-0.2, 0) is 9.53 Å². The van der Waals surface area contributed by atoms with Crippen LogP contribution in [0.1, 0.15) is 19.8 Å². The predicted molar refractivity (Wildman–Crippen MR) is 38.8 cm³/mol. The van der Waals surface area contributed by atoms with Gasteiger partial charge in [0.1, 0.15) is 6.10 Å². The van der Waals surface area contributed by atoms with Gasteiger partial charge < -0.3 is 4.74 Å². The summed E-state index contributed by atoms with van der Waals surface area (Å²) in [6.45, 7) is 2.54. The molecular weight excluding hydrogens is 128 g/mol. The molecule has 56 valence electrons. The van der Waals surface area contributed by atoms with Crippen LogP contribution in [0.15, 0.2) is 12.2 Å². The smallest absolute Gasteiger partial charge is 0.184 e. The Labute approximate surface area is 60.9 Å². The van der Waals surface area contributed by atoms with Crippen molar-refractivity contribution in [3.8, 4) is 0 Å². The molecule has 1 unspecified atom stereocenters. The van der Waals surface area contributed by atoms with E-state index in [0.717, 1.165) is 12.8 Å². The fraction of sp³-hybridized carbons (Fsp3) is 0.625. The number of hydrogen-bond donors (Lipinski definition) is 0. The molecule has 0 fully saturated rings. The molecule has 1 atom stereocenters. The lowest BCUT2D eigenvalue weighted by atomic mass is 10.0. The van der Waals surface area contributed by atoms with E-state index in [-0.39, 0.29) is 11.9 Å². The van der Waals surface area contributed by atoms with Crippen molar-refractivity contribution in [2.75, 3.05) is 6.61 Å². The molecule has 0 radical (unpaired) electrons.